The second kappa shape index (κ2) is 11.1. The number of carbonyl (C=O) groups excluding carboxylic acids is 2. The van der Waals surface area contributed by atoms with Gasteiger partial charge in [0.25, 0.3) is 11.8 Å². The van der Waals surface area contributed by atoms with Crippen LogP contribution in [0.4, 0.5) is 5.69 Å². The van der Waals surface area contributed by atoms with Crippen LogP contribution in [0.15, 0.2) is 64.5 Å². The number of rotatable bonds is 6. The SMILES string of the molecule is O=C(COc1ccc(/C=C2/SC(=Nc3ccccc3)N(C3CCCCC3)C2=O)cc1)N1CCCC1. The molecule has 0 unspecified atom stereocenters. The average molecular weight is 490 g/mol. The first-order valence-corrected chi connectivity index (χ1v) is 13.4. The molecule has 2 amide bonds. The lowest BCUT2D eigenvalue weighted by atomic mass is 9.94. The molecule has 3 fully saturated rings. The topological polar surface area (TPSA) is 62.2 Å². The van der Waals surface area contributed by atoms with Crippen molar-refractivity contribution in [2.45, 2.75) is 51.0 Å². The number of amidine groups is 1. The van der Waals surface area contributed by atoms with Crippen LogP contribution in [-0.2, 0) is 9.59 Å². The normalized spacial score (nSPS) is 21.3. The molecule has 6 nitrogen and oxygen atoms in total. The van der Waals surface area contributed by atoms with Crippen LogP contribution in [0, 0.1) is 0 Å². The smallest absolute Gasteiger partial charge is 0.267 e. The van der Waals surface area contributed by atoms with E-state index in [0.717, 1.165) is 68.0 Å². The molecular formula is C28H31N3O3S. The lowest BCUT2D eigenvalue weighted by Crippen LogP contribution is -2.40. The number of carbonyl (C=O) groups is 2. The third-order valence-electron chi connectivity index (χ3n) is 6.76. The van der Waals surface area contributed by atoms with Gasteiger partial charge < -0.3 is 9.64 Å². The van der Waals surface area contributed by atoms with Gasteiger partial charge in [0.15, 0.2) is 11.8 Å². The monoisotopic (exact) mass is 489 g/mol. The van der Waals surface area contributed by atoms with Crippen molar-refractivity contribution >= 4 is 40.5 Å². The van der Waals surface area contributed by atoms with E-state index in [9.17, 15) is 9.59 Å². The van der Waals surface area contributed by atoms with Crippen molar-refractivity contribution in [1.82, 2.24) is 9.80 Å². The fourth-order valence-electron chi connectivity index (χ4n) is 4.85. The molecule has 0 atom stereocenters. The van der Waals surface area contributed by atoms with E-state index in [4.69, 9.17) is 9.73 Å². The minimum absolute atomic E-state index is 0.0353. The zero-order chi connectivity index (χ0) is 24.0. The molecule has 0 aromatic heterocycles. The van der Waals surface area contributed by atoms with Gasteiger partial charge in [-0.2, -0.15) is 0 Å². The molecule has 0 bridgehead atoms. The summed E-state index contributed by atoms with van der Waals surface area (Å²) >= 11 is 1.45. The van der Waals surface area contributed by atoms with Crippen molar-refractivity contribution in [2.24, 2.45) is 4.99 Å². The Morgan fingerprint density at radius 3 is 2.40 bits per heavy atom. The number of hydrogen-bond donors (Lipinski definition) is 0. The predicted molar refractivity (Wildman–Crippen MR) is 141 cm³/mol. The Balaban J connectivity index is 1.30. The molecule has 3 aliphatic rings. The summed E-state index contributed by atoms with van der Waals surface area (Å²) in [6.07, 6.45) is 9.65. The molecule has 35 heavy (non-hydrogen) atoms. The van der Waals surface area contributed by atoms with Crippen LogP contribution in [0.25, 0.3) is 6.08 Å². The molecule has 5 rings (SSSR count). The number of benzene rings is 2. The maximum Gasteiger partial charge on any atom is 0.267 e. The largest absolute Gasteiger partial charge is 0.484 e. The fraction of sp³-hybridized carbons (Fsp3) is 0.393. The summed E-state index contributed by atoms with van der Waals surface area (Å²) in [7, 11) is 0. The summed E-state index contributed by atoms with van der Waals surface area (Å²) in [6.45, 7) is 1.71. The highest BCUT2D eigenvalue weighted by Crippen LogP contribution is 2.38. The summed E-state index contributed by atoms with van der Waals surface area (Å²) in [5.74, 6) is 0.725. The summed E-state index contributed by atoms with van der Waals surface area (Å²) < 4.78 is 5.69. The van der Waals surface area contributed by atoms with Crippen LogP contribution in [-0.4, -0.2) is 52.5 Å². The van der Waals surface area contributed by atoms with Gasteiger partial charge in [0, 0.05) is 19.1 Å². The molecule has 2 aliphatic heterocycles. The van der Waals surface area contributed by atoms with E-state index in [1.165, 1.54) is 18.2 Å². The van der Waals surface area contributed by atoms with E-state index in [1.54, 1.807) is 0 Å². The molecular weight excluding hydrogens is 458 g/mol. The summed E-state index contributed by atoms with van der Waals surface area (Å²) in [5.41, 5.74) is 1.78. The van der Waals surface area contributed by atoms with Crippen molar-refractivity contribution in [1.29, 1.82) is 0 Å². The van der Waals surface area contributed by atoms with Crippen molar-refractivity contribution in [3.05, 3.63) is 65.1 Å². The van der Waals surface area contributed by atoms with E-state index in [2.05, 4.69) is 0 Å². The maximum absolute atomic E-state index is 13.5. The Kier molecular flexibility index (Phi) is 7.52. The Morgan fingerprint density at radius 2 is 1.69 bits per heavy atom. The minimum atomic E-state index is 0.0353. The molecule has 2 aromatic rings. The number of hydrogen-bond acceptors (Lipinski definition) is 5. The number of aliphatic imine (C=N–C) groups is 1. The van der Waals surface area contributed by atoms with Gasteiger partial charge in [-0.05, 0) is 73.4 Å². The lowest BCUT2D eigenvalue weighted by molar-refractivity contribution is -0.132. The molecule has 0 radical (unpaired) electrons. The maximum atomic E-state index is 13.5. The Morgan fingerprint density at radius 1 is 0.971 bits per heavy atom. The first-order chi connectivity index (χ1) is 17.2. The number of para-hydroxylation sites is 1. The van der Waals surface area contributed by atoms with Gasteiger partial charge in [-0.1, -0.05) is 49.6 Å². The first-order valence-electron chi connectivity index (χ1n) is 12.5. The van der Waals surface area contributed by atoms with Crippen LogP contribution in [0.3, 0.4) is 0 Å². The van der Waals surface area contributed by atoms with Crippen molar-refractivity contribution in [3.8, 4) is 5.75 Å². The highest BCUT2D eigenvalue weighted by molar-refractivity contribution is 8.18. The first kappa shape index (κ1) is 23.7. The fourth-order valence-corrected chi connectivity index (χ4v) is 5.91. The Hall–Kier alpha value is -3.06. The molecule has 0 spiro atoms. The van der Waals surface area contributed by atoms with E-state index < -0.39 is 0 Å². The lowest BCUT2D eigenvalue weighted by Gasteiger charge is -2.30. The van der Waals surface area contributed by atoms with Gasteiger partial charge in [0.05, 0.1) is 10.6 Å². The average Bonchev–Trinajstić information content (AvgIpc) is 3.53. The number of thioether (sulfide) groups is 1. The van der Waals surface area contributed by atoms with E-state index in [1.807, 2.05) is 70.5 Å². The quantitative estimate of drug-likeness (QED) is 0.494. The van der Waals surface area contributed by atoms with Crippen LogP contribution in [0.1, 0.15) is 50.5 Å². The molecule has 1 saturated carbocycles. The number of amides is 2. The molecule has 2 heterocycles. The van der Waals surface area contributed by atoms with Gasteiger partial charge in [0.1, 0.15) is 5.75 Å². The molecule has 7 heteroatoms. The van der Waals surface area contributed by atoms with Gasteiger partial charge >= 0.3 is 0 Å². The van der Waals surface area contributed by atoms with Gasteiger partial charge in [-0.25, -0.2) is 4.99 Å². The zero-order valence-electron chi connectivity index (χ0n) is 19.9. The van der Waals surface area contributed by atoms with Gasteiger partial charge in [-0.15, -0.1) is 0 Å². The van der Waals surface area contributed by atoms with Crippen molar-refractivity contribution < 1.29 is 14.3 Å². The minimum Gasteiger partial charge on any atom is -0.484 e. The third kappa shape index (κ3) is 5.78. The number of likely N-dealkylation sites (tertiary alicyclic amines) is 1. The number of nitrogens with zero attached hydrogens (tertiary/aromatic N) is 3. The standard InChI is InChI=1S/C28H31N3O3S/c32-26(30-17-7-8-18-30)20-34-24-15-13-21(14-16-24)19-25-27(33)31(23-11-5-2-6-12-23)28(35-25)29-22-9-3-1-4-10-22/h1,3-4,9-10,13-16,19,23H,2,5-8,11-12,17-18,20H2/b25-19+,29-28?. The third-order valence-corrected chi connectivity index (χ3v) is 7.74. The number of ether oxygens (including phenoxy) is 1. The predicted octanol–water partition coefficient (Wildman–Crippen LogP) is 5.62. The van der Waals surface area contributed by atoms with E-state index in [-0.39, 0.29) is 24.5 Å². The van der Waals surface area contributed by atoms with Crippen molar-refractivity contribution in [3.63, 3.8) is 0 Å². The summed E-state index contributed by atoms with van der Waals surface area (Å²) in [6, 6.07) is 17.6. The van der Waals surface area contributed by atoms with Crippen LogP contribution in [0.2, 0.25) is 0 Å². The Bertz CT molecular complexity index is 1100. The Labute approximate surface area is 211 Å². The van der Waals surface area contributed by atoms with Crippen LogP contribution < -0.4 is 4.74 Å². The molecule has 0 N–H and O–H groups in total. The highest BCUT2D eigenvalue weighted by atomic mass is 32.2. The molecule has 182 valence electrons. The van der Waals surface area contributed by atoms with Gasteiger partial charge in [-0.3, -0.25) is 14.5 Å². The van der Waals surface area contributed by atoms with E-state index >= 15 is 0 Å². The van der Waals surface area contributed by atoms with Crippen molar-refractivity contribution in [2.75, 3.05) is 19.7 Å². The summed E-state index contributed by atoms with van der Waals surface area (Å²) in [4.78, 5) is 35.0. The second-order valence-electron chi connectivity index (χ2n) is 9.25. The highest BCUT2D eigenvalue weighted by Gasteiger charge is 2.38. The molecule has 2 saturated heterocycles. The zero-order valence-corrected chi connectivity index (χ0v) is 20.7. The second-order valence-corrected chi connectivity index (χ2v) is 10.3. The van der Waals surface area contributed by atoms with E-state index in [0.29, 0.717) is 10.7 Å². The van der Waals surface area contributed by atoms with Crippen LogP contribution >= 0.6 is 11.8 Å². The molecule has 1 aliphatic carbocycles. The van der Waals surface area contributed by atoms with Gasteiger partial charge in [0.2, 0.25) is 0 Å². The summed E-state index contributed by atoms with van der Waals surface area (Å²) in [5, 5.41) is 0.764. The van der Waals surface area contributed by atoms with Crippen LogP contribution in [0.5, 0.6) is 5.75 Å². The molecule has 2 aromatic carbocycles.